The molecule has 0 aromatic heterocycles. The minimum atomic E-state index is -3.64. The Kier molecular flexibility index (Phi) is 3.85. The average molecular weight is 284 g/mol. The van der Waals surface area contributed by atoms with Gasteiger partial charge in [-0.05, 0) is 37.8 Å². The molecule has 2 rings (SSSR count). The van der Waals surface area contributed by atoms with E-state index in [1.165, 1.54) is 4.31 Å². The summed E-state index contributed by atoms with van der Waals surface area (Å²) in [5.41, 5.74) is 7.66. The zero-order valence-corrected chi connectivity index (χ0v) is 12.1. The number of rotatable bonds is 3. The third kappa shape index (κ3) is 2.35. The molecule has 19 heavy (non-hydrogen) atoms. The fourth-order valence-electron chi connectivity index (χ4n) is 2.57. The Bertz CT molecular complexity index is 584. The standard InChI is InChI=1S/C13H20N2O3S/c1-9-5-6-10(2)13(12(9)14)19(17,18)15-7-3-4-11(15)8-16/h5-6,11,16H,3-4,7-8,14H2,1-2H3. The predicted octanol–water partition coefficient (Wildman–Crippen LogP) is 1.03. The van der Waals surface area contributed by atoms with E-state index in [9.17, 15) is 13.5 Å². The number of benzene rings is 1. The Morgan fingerprint density at radius 2 is 2.00 bits per heavy atom. The highest BCUT2D eigenvalue weighted by Crippen LogP contribution is 2.32. The zero-order chi connectivity index (χ0) is 14.2. The van der Waals surface area contributed by atoms with Gasteiger partial charge in [-0.3, -0.25) is 0 Å². The van der Waals surface area contributed by atoms with E-state index in [4.69, 9.17) is 5.73 Å². The van der Waals surface area contributed by atoms with Gasteiger partial charge in [-0.15, -0.1) is 0 Å². The van der Waals surface area contributed by atoms with Gasteiger partial charge in [-0.1, -0.05) is 12.1 Å². The summed E-state index contributed by atoms with van der Waals surface area (Å²) in [6.45, 7) is 3.83. The second kappa shape index (κ2) is 5.11. The molecule has 0 bridgehead atoms. The van der Waals surface area contributed by atoms with Crippen molar-refractivity contribution in [3.8, 4) is 0 Å². The van der Waals surface area contributed by atoms with Crippen molar-refractivity contribution in [1.29, 1.82) is 0 Å². The first-order valence-electron chi connectivity index (χ1n) is 6.38. The molecule has 3 N–H and O–H groups in total. The fourth-order valence-corrected chi connectivity index (χ4v) is 4.66. The van der Waals surface area contributed by atoms with Gasteiger partial charge >= 0.3 is 0 Å². The van der Waals surface area contributed by atoms with Crippen LogP contribution in [0.2, 0.25) is 0 Å². The number of nitrogens with two attached hydrogens (primary N) is 1. The van der Waals surface area contributed by atoms with Crippen molar-refractivity contribution in [2.45, 2.75) is 37.6 Å². The molecule has 6 heteroatoms. The lowest BCUT2D eigenvalue weighted by molar-refractivity contribution is 0.213. The summed E-state index contributed by atoms with van der Waals surface area (Å²) in [5, 5.41) is 9.30. The van der Waals surface area contributed by atoms with Gasteiger partial charge in [-0.2, -0.15) is 4.31 Å². The molecule has 1 heterocycles. The molecule has 1 aliphatic rings. The maximum atomic E-state index is 12.7. The summed E-state index contributed by atoms with van der Waals surface area (Å²) in [4.78, 5) is 0.188. The van der Waals surface area contributed by atoms with Crippen LogP contribution >= 0.6 is 0 Å². The molecule has 0 aliphatic carbocycles. The normalized spacial score (nSPS) is 20.9. The highest BCUT2D eigenvalue weighted by Gasteiger charge is 2.36. The van der Waals surface area contributed by atoms with Crippen LogP contribution < -0.4 is 5.73 Å². The highest BCUT2D eigenvalue weighted by atomic mass is 32.2. The maximum Gasteiger partial charge on any atom is 0.245 e. The number of sulfonamides is 1. The molecule has 0 saturated carbocycles. The number of aliphatic hydroxyl groups is 1. The minimum Gasteiger partial charge on any atom is -0.397 e. The van der Waals surface area contributed by atoms with Crippen LogP contribution in [0.15, 0.2) is 17.0 Å². The van der Waals surface area contributed by atoms with E-state index in [-0.39, 0.29) is 17.5 Å². The van der Waals surface area contributed by atoms with Gasteiger partial charge < -0.3 is 10.8 Å². The quantitative estimate of drug-likeness (QED) is 0.812. The van der Waals surface area contributed by atoms with Crippen molar-refractivity contribution in [2.75, 3.05) is 18.9 Å². The Balaban J connectivity index is 2.54. The zero-order valence-electron chi connectivity index (χ0n) is 11.3. The Morgan fingerprint density at radius 1 is 1.37 bits per heavy atom. The van der Waals surface area contributed by atoms with E-state index < -0.39 is 10.0 Å². The van der Waals surface area contributed by atoms with Crippen LogP contribution in [0.1, 0.15) is 24.0 Å². The molecule has 1 saturated heterocycles. The van der Waals surface area contributed by atoms with E-state index in [1.807, 2.05) is 6.07 Å². The molecule has 1 unspecified atom stereocenters. The summed E-state index contributed by atoms with van der Waals surface area (Å²) in [6.07, 6.45) is 1.47. The van der Waals surface area contributed by atoms with Crippen LogP contribution in [-0.2, 0) is 10.0 Å². The lowest BCUT2D eigenvalue weighted by atomic mass is 10.1. The molecule has 5 nitrogen and oxygen atoms in total. The van der Waals surface area contributed by atoms with Crippen LogP contribution in [0.4, 0.5) is 5.69 Å². The molecule has 1 aromatic rings. The third-order valence-corrected chi connectivity index (χ3v) is 5.87. The van der Waals surface area contributed by atoms with Gasteiger partial charge in [0.1, 0.15) is 4.90 Å². The SMILES string of the molecule is Cc1ccc(C)c(S(=O)(=O)N2CCCC2CO)c1N. The molecular formula is C13H20N2O3S. The van der Waals surface area contributed by atoms with Gasteiger partial charge in [-0.25, -0.2) is 8.42 Å². The molecule has 106 valence electrons. The first kappa shape index (κ1) is 14.3. The van der Waals surface area contributed by atoms with Crippen LogP contribution in [0, 0.1) is 13.8 Å². The molecule has 1 aliphatic heterocycles. The van der Waals surface area contributed by atoms with Gasteiger partial charge in [0.25, 0.3) is 0 Å². The molecule has 0 spiro atoms. The lowest BCUT2D eigenvalue weighted by Crippen LogP contribution is -2.38. The van der Waals surface area contributed by atoms with Crippen molar-refractivity contribution in [2.24, 2.45) is 0 Å². The van der Waals surface area contributed by atoms with E-state index >= 15 is 0 Å². The van der Waals surface area contributed by atoms with Crippen LogP contribution in [-0.4, -0.2) is 37.0 Å². The number of aliphatic hydroxyl groups excluding tert-OH is 1. The average Bonchev–Trinajstić information content (AvgIpc) is 2.83. The van der Waals surface area contributed by atoms with Gasteiger partial charge in [0.05, 0.1) is 12.3 Å². The van der Waals surface area contributed by atoms with Crippen molar-refractivity contribution in [1.82, 2.24) is 4.31 Å². The van der Waals surface area contributed by atoms with Crippen molar-refractivity contribution >= 4 is 15.7 Å². The summed E-state index contributed by atoms with van der Waals surface area (Å²) in [7, 11) is -3.64. The summed E-state index contributed by atoms with van der Waals surface area (Å²) in [5.74, 6) is 0. The van der Waals surface area contributed by atoms with E-state index in [0.29, 0.717) is 24.2 Å². The Morgan fingerprint density at radius 3 is 2.63 bits per heavy atom. The fraction of sp³-hybridized carbons (Fsp3) is 0.538. The molecule has 0 amide bonds. The summed E-state index contributed by atoms with van der Waals surface area (Å²) >= 11 is 0. The molecular weight excluding hydrogens is 264 g/mol. The van der Waals surface area contributed by atoms with E-state index in [2.05, 4.69) is 0 Å². The second-order valence-electron chi connectivity index (χ2n) is 5.04. The molecule has 1 aromatic carbocycles. The summed E-state index contributed by atoms with van der Waals surface area (Å²) in [6, 6.07) is 3.25. The number of nitrogens with zero attached hydrogens (tertiary/aromatic N) is 1. The monoisotopic (exact) mass is 284 g/mol. The van der Waals surface area contributed by atoms with Crippen molar-refractivity contribution < 1.29 is 13.5 Å². The number of hydrogen-bond acceptors (Lipinski definition) is 4. The lowest BCUT2D eigenvalue weighted by Gasteiger charge is -2.24. The van der Waals surface area contributed by atoms with Gasteiger partial charge in [0.15, 0.2) is 0 Å². The highest BCUT2D eigenvalue weighted by molar-refractivity contribution is 7.89. The van der Waals surface area contributed by atoms with Crippen LogP contribution in [0.3, 0.4) is 0 Å². The second-order valence-corrected chi connectivity index (χ2v) is 6.86. The first-order valence-corrected chi connectivity index (χ1v) is 7.82. The largest absolute Gasteiger partial charge is 0.397 e. The smallest absolute Gasteiger partial charge is 0.245 e. The van der Waals surface area contributed by atoms with E-state index in [1.54, 1.807) is 19.9 Å². The Labute approximate surface area is 114 Å². The maximum absolute atomic E-state index is 12.7. The van der Waals surface area contributed by atoms with Crippen molar-refractivity contribution in [3.05, 3.63) is 23.3 Å². The molecule has 0 radical (unpaired) electrons. The number of anilines is 1. The molecule has 1 atom stereocenters. The predicted molar refractivity (Wildman–Crippen MR) is 74.3 cm³/mol. The number of hydrogen-bond donors (Lipinski definition) is 2. The topological polar surface area (TPSA) is 83.6 Å². The minimum absolute atomic E-state index is 0.149. The van der Waals surface area contributed by atoms with Gasteiger partial charge in [0.2, 0.25) is 10.0 Å². The van der Waals surface area contributed by atoms with Crippen LogP contribution in [0.5, 0.6) is 0 Å². The van der Waals surface area contributed by atoms with Gasteiger partial charge in [0, 0.05) is 12.6 Å². The number of nitrogen functional groups attached to an aromatic ring is 1. The third-order valence-electron chi connectivity index (χ3n) is 3.71. The van der Waals surface area contributed by atoms with Crippen molar-refractivity contribution in [3.63, 3.8) is 0 Å². The first-order chi connectivity index (χ1) is 8.89. The Hall–Kier alpha value is -1.11. The van der Waals surface area contributed by atoms with E-state index in [0.717, 1.165) is 12.0 Å². The molecule has 1 fully saturated rings. The number of aryl methyl sites for hydroxylation is 2. The van der Waals surface area contributed by atoms with Crippen LogP contribution in [0.25, 0.3) is 0 Å². The summed E-state index contributed by atoms with van der Waals surface area (Å²) < 4.78 is 26.8.